The number of carbonyl (C=O) groups is 1. The summed E-state index contributed by atoms with van der Waals surface area (Å²) in [6.45, 7) is 1.05. The van der Waals surface area contributed by atoms with Crippen LogP contribution in [0.3, 0.4) is 0 Å². The van der Waals surface area contributed by atoms with Crippen molar-refractivity contribution in [2.75, 3.05) is 32.7 Å². The van der Waals surface area contributed by atoms with Crippen molar-refractivity contribution in [1.29, 1.82) is 0 Å². The van der Waals surface area contributed by atoms with Crippen molar-refractivity contribution >= 4 is 28.7 Å². The van der Waals surface area contributed by atoms with E-state index in [2.05, 4.69) is 16.0 Å². The maximum absolute atomic E-state index is 12.4. The van der Waals surface area contributed by atoms with Gasteiger partial charge in [-0.25, -0.2) is 0 Å². The number of nitrogens with one attached hydrogen (secondary N) is 3. The molecule has 0 bridgehead atoms. The van der Waals surface area contributed by atoms with Gasteiger partial charge in [0.2, 0.25) is 0 Å². The Morgan fingerprint density at radius 3 is 1.16 bits per heavy atom. The van der Waals surface area contributed by atoms with Crippen molar-refractivity contribution in [2.45, 2.75) is 49.9 Å². The summed E-state index contributed by atoms with van der Waals surface area (Å²) in [6, 6.07) is 23.7. The van der Waals surface area contributed by atoms with Crippen molar-refractivity contribution in [3.63, 3.8) is 0 Å². The van der Waals surface area contributed by atoms with Crippen LogP contribution < -0.4 is 16.0 Å². The van der Waals surface area contributed by atoms with E-state index < -0.39 is 31.7 Å². The number of nitrogens with zero attached hydrogens (tertiary/aromatic N) is 5. The summed E-state index contributed by atoms with van der Waals surface area (Å²) >= 11 is 0. The zero-order chi connectivity index (χ0) is 40.2. The van der Waals surface area contributed by atoms with E-state index >= 15 is 0 Å². The highest BCUT2D eigenvalue weighted by atomic mass is 16.6. The van der Waals surface area contributed by atoms with Crippen LogP contribution in [0.15, 0.2) is 97.1 Å². The lowest BCUT2D eigenvalue weighted by atomic mass is 9.98. The molecule has 294 valence electrons. The fraction of sp³-hybridized carbons (Fsp3) is 0.342. The number of carboxylic acid groups (broad SMARTS) is 1. The van der Waals surface area contributed by atoms with E-state index in [9.17, 15) is 50.4 Å². The van der Waals surface area contributed by atoms with E-state index in [1.54, 1.807) is 48.5 Å². The molecule has 0 amide bonds. The van der Waals surface area contributed by atoms with Gasteiger partial charge in [0.05, 0.1) is 26.2 Å². The molecule has 1 aliphatic rings. The van der Waals surface area contributed by atoms with Gasteiger partial charge in [0.25, 0.3) is 22.7 Å². The molecule has 4 aromatic rings. The Hall–Kier alpha value is -6.21. The molecule has 18 nitrogen and oxygen atoms in total. The molecule has 1 heterocycles. The molecule has 0 spiro atoms. The molecule has 4 atom stereocenters. The van der Waals surface area contributed by atoms with Gasteiger partial charge in [-0.15, -0.1) is 0 Å². The maximum Gasteiger partial charge on any atom is 0.317 e. The van der Waals surface area contributed by atoms with Gasteiger partial charge in [0.1, 0.15) is 0 Å². The molecular formula is C38H42N8O10. The minimum Gasteiger partial charge on any atom is -0.480 e. The third kappa shape index (κ3) is 12.2. The predicted octanol–water partition coefficient (Wildman–Crippen LogP) is 4.23. The molecule has 18 heteroatoms. The number of carboxylic acids is 1. The minimum absolute atomic E-state index is 0.0316. The number of aliphatic carboxylic acids is 1. The van der Waals surface area contributed by atoms with E-state index in [1.165, 1.54) is 48.5 Å². The Morgan fingerprint density at radius 1 is 0.518 bits per heavy atom. The molecule has 4 aromatic carbocycles. The number of rotatable bonds is 14. The minimum atomic E-state index is -1.06. The topological polar surface area (TPSA) is 249 Å². The molecule has 5 rings (SSSR count). The van der Waals surface area contributed by atoms with Crippen LogP contribution in [-0.2, 0) is 30.5 Å². The highest BCUT2D eigenvalue weighted by Crippen LogP contribution is 2.20. The van der Waals surface area contributed by atoms with E-state index in [4.69, 9.17) is 0 Å². The van der Waals surface area contributed by atoms with Gasteiger partial charge in [-0.1, -0.05) is 48.5 Å². The molecule has 0 radical (unpaired) electrons. The van der Waals surface area contributed by atoms with Gasteiger partial charge in [0, 0.05) is 98.9 Å². The molecule has 0 unspecified atom stereocenters. The summed E-state index contributed by atoms with van der Waals surface area (Å²) in [5.41, 5.74) is 3.05. The first-order valence-electron chi connectivity index (χ1n) is 17.9. The number of nitro groups is 4. The maximum atomic E-state index is 12.4. The number of hydrogen-bond acceptors (Lipinski definition) is 13. The number of hydrogen-bond donors (Lipinski definition) is 4. The van der Waals surface area contributed by atoms with Crippen LogP contribution in [0, 0.1) is 40.5 Å². The Bertz CT molecular complexity index is 1980. The second kappa shape index (κ2) is 19.4. The van der Waals surface area contributed by atoms with Gasteiger partial charge in [0.15, 0.2) is 0 Å². The number of nitro benzene ring substituents is 4. The summed E-state index contributed by atoms with van der Waals surface area (Å²) in [5, 5.41) is 66.3. The highest BCUT2D eigenvalue weighted by molar-refractivity contribution is 5.69. The molecule has 0 saturated carbocycles. The van der Waals surface area contributed by atoms with Crippen LogP contribution in [-0.4, -0.2) is 92.6 Å². The summed E-state index contributed by atoms with van der Waals surface area (Å²) in [5.74, 6) is -1.06. The Labute approximate surface area is 321 Å². The van der Waals surface area contributed by atoms with Crippen molar-refractivity contribution < 1.29 is 29.6 Å². The molecule has 1 fully saturated rings. The van der Waals surface area contributed by atoms with Gasteiger partial charge in [-0.05, 0) is 47.9 Å². The summed E-state index contributed by atoms with van der Waals surface area (Å²) in [6.07, 6.45) is 1.71. The lowest BCUT2D eigenvalue weighted by molar-refractivity contribution is -0.385. The zero-order valence-electron chi connectivity index (χ0n) is 30.3. The molecule has 1 saturated heterocycles. The largest absolute Gasteiger partial charge is 0.480 e. The van der Waals surface area contributed by atoms with Crippen LogP contribution >= 0.6 is 0 Å². The number of benzene rings is 4. The summed E-state index contributed by atoms with van der Waals surface area (Å²) < 4.78 is 0. The quantitative estimate of drug-likeness (QED) is 0.104. The average molecular weight is 771 g/mol. The molecule has 1 aliphatic heterocycles. The second-order valence-corrected chi connectivity index (χ2v) is 13.8. The monoisotopic (exact) mass is 770 g/mol. The van der Waals surface area contributed by atoms with Crippen LogP contribution in [0.25, 0.3) is 0 Å². The van der Waals surface area contributed by atoms with E-state index in [0.717, 1.165) is 22.3 Å². The van der Waals surface area contributed by atoms with Crippen molar-refractivity contribution in [1.82, 2.24) is 20.9 Å². The average Bonchev–Trinajstić information content (AvgIpc) is 3.17. The van der Waals surface area contributed by atoms with Gasteiger partial charge >= 0.3 is 5.97 Å². The first kappa shape index (κ1) is 41.0. The zero-order valence-corrected chi connectivity index (χ0v) is 30.3. The SMILES string of the molecule is O=C(O)CN1C[C@H](Cc2ccc([N+](=O)[O-])cc2)NC[C@H](Cc2ccc([N+](=O)[O-])cc2)NC[C@H](Cc2ccc([N+](=O)[O-])cc2)NC[C@@H]1Cc1ccc([N+](=O)[O-])cc1. The van der Waals surface area contributed by atoms with Gasteiger partial charge < -0.3 is 21.1 Å². The highest BCUT2D eigenvalue weighted by Gasteiger charge is 2.28. The van der Waals surface area contributed by atoms with Crippen LogP contribution in [0.1, 0.15) is 22.3 Å². The molecule has 0 aromatic heterocycles. The fourth-order valence-electron chi connectivity index (χ4n) is 6.83. The molecule has 56 heavy (non-hydrogen) atoms. The lowest BCUT2D eigenvalue weighted by Gasteiger charge is -2.37. The van der Waals surface area contributed by atoms with E-state index in [0.29, 0.717) is 45.3 Å². The first-order chi connectivity index (χ1) is 26.8. The van der Waals surface area contributed by atoms with E-state index in [1.807, 2.05) is 4.90 Å². The van der Waals surface area contributed by atoms with Gasteiger partial charge in [-0.2, -0.15) is 0 Å². The molecule has 0 aliphatic carbocycles. The third-order valence-corrected chi connectivity index (χ3v) is 9.76. The Balaban J connectivity index is 1.48. The second-order valence-electron chi connectivity index (χ2n) is 13.8. The third-order valence-electron chi connectivity index (χ3n) is 9.76. The lowest BCUT2D eigenvalue weighted by Crippen LogP contribution is -2.57. The summed E-state index contributed by atoms with van der Waals surface area (Å²) in [4.78, 5) is 57.6. The predicted molar refractivity (Wildman–Crippen MR) is 206 cm³/mol. The standard InChI is InChI=1S/C38H42N8O10/c47-38(48)25-42-24-32(19-28-5-13-35(14-6-28)45(53)54)40-22-30(17-26-1-9-33(10-2-26)43(49)50)39-21-31(18-27-3-11-34(12-4-27)44(51)52)41-23-37(42)20-29-7-15-36(16-8-29)46(55)56/h1-16,30-32,37,39-41H,17-25H2,(H,47,48)/t30-,31-,32-,37-/m0/s1. The fourth-order valence-corrected chi connectivity index (χ4v) is 6.83. The molecule has 4 N–H and O–H groups in total. The van der Waals surface area contributed by atoms with Crippen molar-refractivity contribution in [2.24, 2.45) is 0 Å². The Kier molecular flexibility index (Phi) is 14.2. The van der Waals surface area contributed by atoms with Gasteiger partial charge in [-0.3, -0.25) is 50.2 Å². The van der Waals surface area contributed by atoms with Crippen LogP contribution in [0.5, 0.6) is 0 Å². The van der Waals surface area contributed by atoms with Crippen LogP contribution in [0.4, 0.5) is 22.7 Å². The smallest absolute Gasteiger partial charge is 0.317 e. The normalized spacial score (nSPS) is 19.6. The number of non-ortho nitro benzene ring substituents is 4. The van der Waals surface area contributed by atoms with Crippen LogP contribution in [0.2, 0.25) is 0 Å². The van der Waals surface area contributed by atoms with Crippen molar-refractivity contribution in [3.8, 4) is 0 Å². The molecular weight excluding hydrogens is 728 g/mol. The first-order valence-corrected chi connectivity index (χ1v) is 17.9. The van der Waals surface area contributed by atoms with Crippen molar-refractivity contribution in [3.05, 3.63) is 160 Å². The summed E-state index contributed by atoms with van der Waals surface area (Å²) in [7, 11) is 0. The Morgan fingerprint density at radius 2 is 0.821 bits per heavy atom. The van der Waals surface area contributed by atoms with E-state index in [-0.39, 0.29) is 54.0 Å².